The van der Waals surface area contributed by atoms with Crippen LogP contribution in [-0.4, -0.2) is 30.5 Å². The van der Waals surface area contributed by atoms with E-state index in [-0.39, 0.29) is 11.5 Å². The Morgan fingerprint density at radius 1 is 1.11 bits per heavy atom. The Morgan fingerprint density at radius 3 is 2.79 bits per heavy atom. The standard InChI is InChI=1S/C20H18FN5OS/c21-15-9-6-14(7-10-15)8-11-18-23-19(25-24-18)28-13-3-12-26-17-5-2-1-4-16(17)22-20(26)27/h1-2,4-11H,3,12-13H2,(H,22,27)(H,23,24,25)/b11-8+. The maximum absolute atomic E-state index is 12.9. The number of aryl methyl sites for hydroxylation is 1. The molecule has 2 heterocycles. The van der Waals surface area contributed by atoms with E-state index in [1.165, 1.54) is 23.9 Å². The Balaban J connectivity index is 1.30. The van der Waals surface area contributed by atoms with Gasteiger partial charge in [-0.2, -0.15) is 0 Å². The summed E-state index contributed by atoms with van der Waals surface area (Å²) in [6.07, 6.45) is 4.47. The van der Waals surface area contributed by atoms with Crippen molar-refractivity contribution in [2.24, 2.45) is 0 Å². The number of nitrogens with zero attached hydrogens (tertiary/aromatic N) is 3. The van der Waals surface area contributed by atoms with Crippen LogP contribution in [0.2, 0.25) is 0 Å². The van der Waals surface area contributed by atoms with Crippen molar-refractivity contribution in [1.29, 1.82) is 0 Å². The van der Waals surface area contributed by atoms with Crippen LogP contribution in [0.4, 0.5) is 4.39 Å². The molecule has 6 nitrogen and oxygen atoms in total. The molecule has 0 spiro atoms. The first-order valence-electron chi connectivity index (χ1n) is 8.85. The number of aromatic amines is 2. The van der Waals surface area contributed by atoms with Gasteiger partial charge < -0.3 is 4.98 Å². The highest BCUT2D eigenvalue weighted by molar-refractivity contribution is 7.99. The molecule has 0 saturated heterocycles. The number of rotatable bonds is 7. The third-order valence-electron chi connectivity index (χ3n) is 4.22. The summed E-state index contributed by atoms with van der Waals surface area (Å²) in [7, 11) is 0. The zero-order valence-corrected chi connectivity index (χ0v) is 15.7. The first kappa shape index (κ1) is 18.2. The van der Waals surface area contributed by atoms with Crippen LogP contribution in [0.5, 0.6) is 0 Å². The maximum atomic E-state index is 12.9. The van der Waals surface area contributed by atoms with Crippen molar-refractivity contribution in [1.82, 2.24) is 24.7 Å². The number of thioether (sulfide) groups is 1. The van der Waals surface area contributed by atoms with Gasteiger partial charge in [0.2, 0.25) is 5.16 Å². The van der Waals surface area contributed by atoms with E-state index in [0.29, 0.717) is 17.5 Å². The summed E-state index contributed by atoms with van der Waals surface area (Å²) >= 11 is 1.54. The van der Waals surface area contributed by atoms with E-state index in [0.717, 1.165) is 28.8 Å². The molecule has 0 fully saturated rings. The van der Waals surface area contributed by atoms with E-state index in [1.807, 2.05) is 30.3 Å². The molecule has 0 radical (unpaired) electrons. The summed E-state index contributed by atoms with van der Waals surface area (Å²) in [6, 6.07) is 13.9. The average Bonchev–Trinajstić information content (AvgIpc) is 3.28. The lowest BCUT2D eigenvalue weighted by Crippen LogP contribution is -2.17. The first-order valence-corrected chi connectivity index (χ1v) is 9.84. The van der Waals surface area contributed by atoms with Gasteiger partial charge >= 0.3 is 5.69 Å². The Bertz CT molecular complexity index is 1160. The third-order valence-corrected chi connectivity index (χ3v) is 5.16. The van der Waals surface area contributed by atoms with E-state index < -0.39 is 0 Å². The predicted molar refractivity (Wildman–Crippen MR) is 110 cm³/mol. The number of benzene rings is 2. The minimum atomic E-state index is -0.259. The molecular formula is C20H18FN5OS. The van der Waals surface area contributed by atoms with Gasteiger partial charge in [-0.3, -0.25) is 9.67 Å². The zero-order valence-electron chi connectivity index (χ0n) is 14.9. The monoisotopic (exact) mass is 395 g/mol. The second-order valence-corrected chi connectivity index (χ2v) is 7.25. The minimum absolute atomic E-state index is 0.0858. The molecule has 0 aliphatic carbocycles. The summed E-state index contributed by atoms with van der Waals surface area (Å²) in [5, 5.41) is 7.72. The van der Waals surface area contributed by atoms with E-state index in [4.69, 9.17) is 0 Å². The molecule has 142 valence electrons. The van der Waals surface area contributed by atoms with Crippen LogP contribution >= 0.6 is 11.8 Å². The molecule has 0 bridgehead atoms. The largest absolute Gasteiger partial charge is 0.326 e. The highest BCUT2D eigenvalue weighted by Crippen LogP contribution is 2.16. The number of nitrogens with one attached hydrogen (secondary N) is 2. The fourth-order valence-corrected chi connectivity index (χ4v) is 3.59. The SMILES string of the molecule is O=c1[nH]c2ccccc2n1CCCSc1n[nH]c(/C=C/c2ccc(F)cc2)n1. The number of fused-ring (bicyclic) bond motifs is 1. The maximum Gasteiger partial charge on any atom is 0.326 e. The molecule has 0 aliphatic heterocycles. The second-order valence-electron chi connectivity index (χ2n) is 6.19. The molecule has 4 rings (SSSR count). The Labute approximate surface area is 164 Å². The lowest BCUT2D eigenvalue weighted by atomic mass is 10.2. The molecule has 0 aliphatic rings. The number of imidazole rings is 1. The molecule has 2 N–H and O–H groups in total. The van der Waals surface area contributed by atoms with Crippen molar-refractivity contribution in [3.63, 3.8) is 0 Å². The number of aromatic nitrogens is 5. The first-order chi connectivity index (χ1) is 13.7. The fraction of sp³-hybridized carbons (Fsp3) is 0.150. The van der Waals surface area contributed by atoms with Crippen molar-refractivity contribution in [2.75, 3.05) is 5.75 Å². The minimum Gasteiger partial charge on any atom is -0.306 e. The van der Waals surface area contributed by atoms with E-state index in [1.54, 1.807) is 22.8 Å². The van der Waals surface area contributed by atoms with Crippen LogP contribution in [0.15, 0.2) is 58.5 Å². The normalized spacial score (nSPS) is 11.6. The van der Waals surface area contributed by atoms with Crippen LogP contribution < -0.4 is 5.69 Å². The molecule has 4 aromatic rings. The Kier molecular flexibility index (Phi) is 5.38. The topological polar surface area (TPSA) is 79.4 Å². The van der Waals surface area contributed by atoms with Crippen LogP contribution in [0, 0.1) is 5.82 Å². The smallest absolute Gasteiger partial charge is 0.306 e. The zero-order chi connectivity index (χ0) is 19.3. The highest BCUT2D eigenvalue weighted by Gasteiger charge is 2.06. The number of hydrogen-bond acceptors (Lipinski definition) is 4. The molecule has 8 heteroatoms. The number of halogens is 1. The summed E-state index contributed by atoms with van der Waals surface area (Å²) in [5.41, 5.74) is 2.57. The second kappa shape index (κ2) is 8.26. The van der Waals surface area contributed by atoms with Crippen LogP contribution in [0.3, 0.4) is 0 Å². The van der Waals surface area contributed by atoms with Crippen LogP contribution in [-0.2, 0) is 6.54 Å². The number of para-hydroxylation sites is 2. The van der Waals surface area contributed by atoms with Crippen molar-refractivity contribution >= 4 is 34.9 Å². The van der Waals surface area contributed by atoms with E-state index >= 15 is 0 Å². The van der Waals surface area contributed by atoms with Crippen molar-refractivity contribution in [3.8, 4) is 0 Å². The predicted octanol–water partition coefficient (Wildman–Crippen LogP) is 3.94. The van der Waals surface area contributed by atoms with Crippen molar-refractivity contribution in [2.45, 2.75) is 18.1 Å². The van der Waals surface area contributed by atoms with E-state index in [2.05, 4.69) is 20.2 Å². The molecule has 0 unspecified atom stereocenters. The molecular weight excluding hydrogens is 377 g/mol. The molecule has 0 saturated carbocycles. The lowest BCUT2D eigenvalue weighted by molar-refractivity contribution is 0.628. The fourth-order valence-electron chi connectivity index (χ4n) is 2.86. The van der Waals surface area contributed by atoms with Gasteiger partial charge in [-0.25, -0.2) is 14.2 Å². The summed E-state index contributed by atoms with van der Waals surface area (Å²) in [4.78, 5) is 19.3. The van der Waals surface area contributed by atoms with Gasteiger partial charge in [0.25, 0.3) is 0 Å². The van der Waals surface area contributed by atoms with Crippen LogP contribution in [0.25, 0.3) is 23.2 Å². The Hall–Kier alpha value is -3.13. The molecule has 2 aromatic heterocycles. The van der Waals surface area contributed by atoms with Gasteiger partial charge in [0, 0.05) is 12.3 Å². The van der Waals surface area contributed by atoms with Gasteiger partial charge in [0.05, 0.1) is 11.0 Å². The van der Waals surface area contributed by atoms with Crippen molar-refractivity contribution < 1.29 is 4.39 Å². The third kappa shape index (κ3) is 4.23. The van der Waals surface area contributed by atoms with Gasteiger partial charge in [0.1, 0.15) is 11.6 Å². The van der Waals surface area contributed by atoms with Crippen LogP contribution in [0.1, 0.15) is 17.8 Å². The number of H-pyrrole nitrogens is 2. The average molecular weight is 395 g/mol. The molecule has 28 heavy (non-hydrogen) atoms. The summed E-state index contributed by atoms with van der Waals surface area (Å²) < 4.78 is 14.7. The van der Waals surface area contributed by atoms with Crippen molar-refractivity contribution in [3.05, 3.63) is 76.2 Å². The number of hydrogen-bond donors (Lipinski definition) is 2. The highest BCUT2D eigenvalue weighted by atomic mass is 32.2. The van der Waals surface area contributed by atoms with Gasteiger partial charge in [-0.1, -0.05) is 42.1 Å². The van der Waals surface area contributed by atoms with Gasteiger partial charge in [-0.05, 0) is 42.3 Å². The van der Waals surface area contributed by atoms with Gasteiger partial charge in [-0.15, -0.1) is 5.10 Å². The Morgan fingerprint density at radius 2 is 1.93 bits per heavy atom. The summed E-state index contributed by atoms with van der Waals surface area (Å²) in [6.45, 7) is 0.637. The van der Waals surface area contributed by atoms with Gasteiger partial charge in [0.15, 0.2) is 0 Å². The lowest BCUT2D eigenvalue weighted by Gasteiger charge is -2.02. The molecule has 0 amide bonds. The molecule has 0 atom stereocenters. The quantitative estimate of drug-likeness (QED) is 0.367. The van der Waals surface area contributed by atoms with E-state index in [9.17, 15) is 9.18 Å². The molecule has 2 aromatic carbocycles. The summed E-state index contributed by atoms with van der Waals surface area (Å²) in [5.74, 6) is 1.18.